The van der Waals surface area contributed by atoms with Crippen molar-refractivity contribution >= 4 is 34.3 Å². The van der Waals surface area contributed by atoms with Gasteiger partial charge in [0.05, 0.1) is 10.6 Å². The average molecular weight is 435 g/mol. The van der Waals surface area contributed by atoms with Gasteiger partial charge in [-0.15, -0.1) is 0 Å². The molecule has 0 unspecified atom stereocenters. The SMILES string of the molecule is C[C@H]1SC(N)=N[C@](C)(c2cc(CC(=O)c3ncc(C#N)cc3Cl)ccc2F)[C@H]1F. The van der Waals surface area contributed by atoms with Gasteiger partial charge in [-0.25, -0.2) is 13.8 Å². The Morgan fingerprint density at radius 2 is 2.17 bits per heavy atom. The maximum atomic E-state index is 15.0. The van der Waals surface area contributed by atoms with E-state index < -0.39 is 28.6 Å². The lowest BCUT2D eigenvalue weighted by Crippen LogP contribution is -2.44. The zero-order valence-corrected chi connectivity index (χ0v) is 17.2. The third-order valence-corrected chi connectivity index (χ3v) is 6.00. The van der Waals surface area contributed by atoms with Crippen molar-refractivity contribution < 1.29 is 13.6 Å². The monoisotopic (exact) mass is 434 g/mol. The Labute approximate surface area is 176 Å². The molecule has 3 atom stereocenters. The zero-order valence-electron chi connectivity index (χ0n) is 15.6. The molecule has 0 radical (unpaired) electrons. The van der Waals surface area contributed by atoms with Crippen LogP contribution in [-0.4, -0.2) is 27.4 Å². The Hall–Kier alpha value is -2.50. The van der Waals surface area contributed by atoms with Gasteiger partial charge >= 0.3 is 0 Å². The van der Waals surface area contributed by atoms with E-state index in [1.165, 1.54) is 37.4 Å². The van der Waals surface area contributed by atoms with Gasteiger partial charge in [-0.05, 0) is 37.6 Å². The Kier molecular flexibility index (Phi) is 5.92. The van der Waals surface area contributed by atoms with Crippen molar-refractivity contribution in [3.8, 4) is 6.07 Å². The predicted octanol–water partition coefficient (Wildman–Crippen LogP) is 4.17. The second-order valence-corrected chi connectivity index (χ2v) is 8.71. The normalized spacial score (nSPS) is 23.9. The molecule has 0 spiro atoms. The molecular formula is C20H17ClF2N4OS. The van der Waals surface area contributed by atoms with E-state index in [9.17, 15) is 13.6 Å². The molecule has 3 rings (SSSR count). The lowest BCUT2D eigenvalue weighted by atomic mass is 9.84. The van der Waals surface area contributed by atoms with Crippen molar-refractivity contribution in [2.24, 2.45) is 10.7 Å². The van der Waals surface area contributed by atoms with Crippen molar-refractivity contribution in [2.45, 2.75) is 37.2 Å². The van der Waals surface area contributed by atoms with Gasteiger partial charge in [0.25, 0.3) is 0 Å². The highest BCUT2D eigenvalue weighted by atomic mass is 35.5. The van der Waals surface area contributed by atoms with Gasteiger partial charge < -0.3 is 5.73 Å². The van der Waals surface area contributed by atoms with Gasteiger partial charge in [0.1, 0.15) is 29.3 Å². The summed E-state index contributed by atoms with van der Waals surface area (Å²) in [6, 6.07) is 7.29. The number of thioether (sulfide) groups is 1. The highest BCUT2D eigenvalue weighted by Crippen LogP contribution is 2.42. The molecule has 0 saturated carbocycles. The number of nitrogens with two attached hydrogens (primary N) is 1. The smallest absolute Gasteiger partial charge is 0.187 e. The summed E-state index contributed by atoms with van der Waals surface area (Å²) < 4.78 is 29.6. The van der Waals surface area contributed by atoms with Gasteiger partial charge in [-0.2, -0.15) is 5.26 Å². The van der Waals surface area contributed by atoms with Crippen LogP contribution >= 0.6 is 23.4 Å². The maximum Gasteiger partial charge on any atom is 0.187 e. The van der Waals surface area contributed by atoms with Crippen molar-refractivity contribution in [1.82, 2.24) is 4.98 Å². The van der Waals surface area contributed by atoms with E-state index in [2.05, 4.69) is 9.98 Å². The van der Waals surface area contributed by atoms with E-state index in [1.807, 2.05) is 6.07 Å². The molecule has 2 heterocycles. The molecule has 0 bridgehead atoms. The number of amidine groups is 1. The average Bonchev–Trinajstić information content (AvgIpc) is 2.67. The Bertz CT molecular complexity index is 1060. The summed E-state index contributed by atoms with van der Waals surface area (Å²) in [6.07, 6.45) is -0.333. The fourth-order valence-electron chi connectivity index (χ4n) is 3.28. The lowest BCUT2D eigenvalue weighted by Gasteiger charge is -2.37. The molecule has 9 heteroatoms. The molecule has 2 aromatic rings. The second-order valence-electron chi connectivity index (χ2n) is 6.90. The topological polar surface area (TPSA) is 92.1 Å². The van der Waals surface area contributed by atoms with E-state index in [-0.39, 0.29) is 33.4 Å². The third-order valence-electron chi connectivity index (χ3n) is 4.77. The van der Waals surface area contributed by atoms with Gasteiger partial charge in [0.15, 0.2) is 11.0 Å². The molecule has 29 heavy (non-hydrogen) atoms. The number of aliphatic imine (C=N–C) groups is 1. The number of nitriles is 1. The zero-order chi connectivity index (χ0) is 21.3. The van der Waals surface area contributed by atoms with Crippen LogP contribution in [-0.2, 0) is 12.0 Å². The summed E-state index contributed by atoms with van der Waals surface area (Å²) in [7, 11) is 0. The minimum atomic E-state index is -1.50. The number of ketones is 1. The van der Waals surface area contributed by atoms with Gasteiger partial charge in [0, 0.05) is 23.4 Å². The highest BCUT2D eigenvalue weighted by molar-refractivity contribution is 8.14. The first-order valence-electron chi connectivity index (χ1n) is 8.69. The summed E-state index contributed by atoms with van der Waals surface area (Å²) in [5.41, 5.74) is 5.05. The van der Waals surface area contributed by atoms with Crippen molar-refractivity contribution in [1.29, 1.82) is 5.26 Å². The molecular weight excluding hydrogens is 418 g/mol. The van der Waals surface area contributed by atoms with Crippen LogP contribution < -0.4 is 5.73 Å². The molecule has 150 valence electrons. The molecule has 1 aromatic carbocycles. The van der Waals surface area contributed by atoms with Crippen molar-refractivity contribution in [3.63, 3.8) is 0 Å². The number of hydrogen-bond acceptors (Lipinski definition) is 6. The molecule has 0 aliphatic carbocycles. The first-order valence-corrected chi connectivity index (χ1v) is 9.95. The minimum absolute atomic E-state index is 0.0103. The molecule has 0 saturated heterocycles. The van der Waals surface area contributed by atoms with Crippen LogP contribution in [0.25, 0.3) is 0 Å². The third kappa shape index (κ3) is 4.11. The number of carbonyl (C=O) groups excluding carboxylic acids is 1. The van der Waals surface area contributed by atoms with Crippen LogP contribution in [0.1, 0.15) is 41.0 Å². The van der Waals surface area contributed by atoms with Crippen LogP contribution in [0.4, 0.5) is 8.78 Å². The summed E-state index contributed by atoms with van der Waals surface area (Å²) in [6.45, 7) is 3.16. The van der Waals surface area contributed by atoms with Gasteiger partial charge in [-0.3, -0.25) is 9.78 Å². The van der Waals surface area contributed by atoms with Crippen LogP contribution in [0.5, 0.6) is 0 Å². The maximum absolute atomic E-state index is 15.0. The largest absolute Gasteiger partial charge is 0.379 e. The summed E-state index contributed by atoms with van der Waals surface area (Å²) >= 11 is 7.14. The van der Waals surface area contributed by atoms with Crippen LogP contribution in [0, 0.1) is 17.1 Å². The number of alkyl halides is 1. The highest BCUT2D eigenvalue weighted by Gasteiger charge is 2.45. The Morgan fingerprint density at radius 1 is 1.45 bits per heavy atom. The first-order chi connectivity index (χ1) is 13.7. The van der Waals surface area contributed by atoms with Gasteiger partial charge in [-0.1, -0.05) is 29.4 Å². The standard InChI is InChI=1S/C20H17ClF2N4OS/c1-10-18(23)20(2,27-19(25)29-10)13-5-11(3-4-15(13)22)7-16(28)17-14(21)6-12(8-24)9-26-17/h3-6,9-10,18H,7H2,1-2H3,(H2,25,27)/t10-,18+,20-/m1/s1. The number of aromatic nitrogens is 1. The summed E-state index contributed by atoms with van der Waals surface area (Å²) in [5, 5.41) is 8.61. The second kappa shape index (κ2) is 8.09. The number of nitrogens with zero attached hydrogens (tertiary/aromatic N) is 3. The van der Waals surface area contributed by atoms with E-state index >= 15 is 0 Å². The van der Waals surface area contributed by atoms with Crippen molar-refractivity contribution in [2.75, 3.05) is 0 Å². The first kappa shape index (κ1) is 21.2. The number of halogens is 3. The Balaban J connectivity index is 1.95. The molecule has 1 aliphatic heterocycles. The van der Waals surface area contributed by atoms with Gasteiger partial charge in [0.2, 0.25) is 0 Å². The molecule has 0 amide bonds. The van der Waals surface area contributed by atoms with Crippen molar-refractivity contribution in [3.05, 3.63) is 63.7 Å². The van der Waals surface area contributed by atoms with E-state index in [0.29, 0.717) is 5.56 Å². The molecule has 1 aliphatic rings. The molecule has 0 fully saturated rings. The number of benzene rings is 1. The molecule has 5 nitrogen and oxygen atoms in total. The summed E-state index contributed by atoms with van der Waals surface area (Å²) in [5.74, 6) is -1.04. The quantitative estimate of drug-likeness (QED) is 0.729. The number of Topliss-reactive ketones (excluding diaryl/α,β-unsaturated/α-hetero) is 1. The van der Waals surface area contributed by atoms with Crippen LogP contribution in [0.2, 0.25) is 5.02 Å². The molecule has 2 N–H and O–H groups in total. The molecule has 1 aromatic heterocycles. The lowest BCUT2D eigenvalue weighted by molar-refractivity contribution is 0.0988. The number of hydrogen-bond donors (Lipinski definition) is 1. The Morgan fingerprint density at radius 3 is 2.83 bits per heavy atom. The fourth-order valence-corrected chi connectivity index (χ4v) is 4.56. The van der Waals surface area contributed by atoms with E-state index in [4.69, 9.17) is 22.6 Å². The van der Waals surface area contributed by atoms with E-state index in [1.54, 1.807) is 6.92 Å². The predicted molar refractivity (Wildman–Crippen MR) is 109 cm³/mol. The number of carbonyl (C=O) groups is 1. The summed E-state index contributed by atoms with van der Waals surface area (Å²) in [4.78, 5) is 20.7. The van der Waals surface area contributed by atoms with Crippen LogP contribution in [0.15, 0.2) is 35.5 Å². The fraction of sp³-hybridized carbons (Fsp3) is 0.300. The number of rotatable bonds is 4. The minimum Gasteiger partial charge on any atom is -0.379 e. The van der Waals surface area contributed by atoms with E-state index in [0.717, 1.165) is 11.8 Å². The number of pyridine rings is 1. The van der Waals surface area contributed by atoms with Crippen LogP contribution in [0.3, 0.4) is 0 Å².